The molecule has 0 N–H and O–H groups in total. The molecule has 0 fully saturated rings. The monoisotopic (exact) mass is 390 g/mol. The smallest absolute Gasteiger partial charge is 0.206 e. The van der Waals surface area contributed by atoms with Crippen molar-refractivity contribution in [2.24, 2.45) is 0 Å². The van der Waals surface area contributed by atoms with Crippen LogP contribution in [0.4, 0.5) is 30.7 Å². The first-order valence-electron chi connectivity index (χ1n) is 8.28. The molecule has 1 unspecified atom stereocenters. The fourth-order valence-corrected chi connectivity index (χ4v) is 2.78. The summed E-state index contributed by atoms with van der Waals surface area (Å²) in [5, 5.41) is 0. The van der Waals surface area contributed by atoms with Crippen molar-refractivity contribution in [2.45, 2.75) is 38.8 Å². The molecular weight excluding hydrogens is 373 g/mol. The highest BCUT2D eigenvalue weighted by atomic mass is 19.4. The maximum Gasteiger partial charge on any atom is 0.422 e. The van der Waals surface area contributed by atoms with E-state index in [4.69, 9.17) is 0 Å². The zero-order valence-electron chi connectivity index (χ0n) is 14.6. The van der Waals surface area contributed by atoms with Crippen LogP contribution < -0.4 is 0 Å². The van der Waals surface area contributed by atoms with E-state index in [1.165, 1.54) is 12.1 Å². The van der Waals surface area contributed by atoms with Crippen molar-refractivity contribution in [1.29, 1.82) is 0 Å². The molecule has 0 spiro atoms. The summed E-state index contributed by atoms with van der Waals surface area (Å²) in [6, 6.07) is 6.09. The normalized spacial score (nSPS) is 14.1. The van der Waals surface area contributed by atoms with Crippen LogP contribution >= 0.6 is 0 Å². The number of hydrogen-bond acceptors (Lipinski definition) is 0. The Kier molecular flexibility index (Phi) is 6.34. The zero-order valence-corrected chi connectivity index (χ0v) is 14.6. The summed E-state index contributed by atoms with van der Waals surface area (Å²) in [5.74, 6) is -6.86. The van der Waals surface area contributed by atoms with Crippen molar-refractivity contribution in [1.82, 2.24) is 0 Å². The number of alkyl halides is 3. The summed E-state index contributed by atoms with van der Waals surface area (Å²) in [6.45, 7) is 4.00. The molecule has 0 heterocycles. The van der Waals surface area contributed by atoms with Crippen LogP contribution in [0.3, 0.4) is 0 Å². The largest absolute Gasteiger partial charge is 0.422 e. The summed E-state index contributed by atoms with van der Waals surface area (Å²) in [7, 11) is 0. The summed E-state index contributed by atoms with van der Waals surface area (Å²) < 4.78 is 93.4. The third-order valence-corrected chi connectivity index (χ3v) is 4.23. The molecule has 0 saturated heterocycles. The summed E-state index contributed by atoms with van der Waals surface area (Å²) in [5.41, 5.74) is -2.35. The van der Waals surface area contributed by atoms with Crippen molar-refractivity contribution in [3.05, 3.63) is 70.3 Å². The van der Waals surface area contributed by atoms with E-state index in [2.05, 4.69) is 0 Å². The van der Waals surface area contributed by atoms with Crippen LogP contribution in [0.15, 0.2) is 36.4 Å². The summed E-state index contributed by atoms with van der Waals surface area (Å²) >= 11 is 0. The second kappa shape index (κ2) is 8.15. The van der Waals surface area contributed by atoms with E-state index in [1.54, 1.807) is 12.1 Å². The van der Waals surface area contributed by atoms with Crippen molar-refractivity contribution in [3.63, 3.8) is 0 Å². The van der Waals surface area contributed by atoms with Gasteiger partial charge < -0.3 is 0 Å². The molecule has 2 rings (SSSR count). The van der Waals surface area contributed by atoms with Crippen LogP contribution in [0.1, 0.15) is 54.9 Å². The molecule has 0 aromatic heterocycles. The van der Waals surface area contributed by atoms with Crippen molar-refractivity contribution >= 4 is 11.7 Å². The number of benzene rings is 2. The predicted molar refractivity (Wildman–Crippen MR) is 90.2 cm³/mol. The topological polar surface area (TPSA) is 0 Å². The lowest BCUT2D eigenvalue weighted by atomic mass is 9.95. The van der Waals surface area contributed by atoms with Gasteiger partial charge in [0.05, 0.1) is 0 Å². The third kappa shape index (κ3) is 4.70. The van der Waals surface area contributed by atoms with Gasteiger partial charge in [-0.15, -0.1) is 0 Å². The summed E-state index contributed by atoms with van der Waals surface area (Å²) in [4.78, 5) is 0. The minimum absolute atomic E-state index is 0.124. The Balaban J connectivity index is 2.40. The van der Waals surface area contributed by atoms with Gasteiger partial charge in [-0.05, 0) is 30.0 Å². The molecule has 0 saturated carbocycles. The van der Waals surface area contributed by atoms with Crippen LogP contribution in [0.5, 0.6) is 0 Å². The standard InChI is InChI=1S/C20H17F7/c1-3-4-11(2)12-5-7-13(8-6-12)18(23)19(24)14-9-15(21)17(16(22)10-14)20(25,26)27/h5-11H,3-4H2,1-2H3/b19-18+. The minimum Gasteiger partial charge on any atom is -0.206 e. The highest BCUT2D eigenvalue weighted by Gasteiger charge is 2.38. The molecule has 27 heavy (non-hydrogen) atoms. The zero-order chi connectivity index (χ0) is 20.4. The molecular formula is C20H17F7. The maximum atomic E-state index is 14.3. The van der Waals surface area contributed by atoms with Crippen molar-refractivity contribution in [3.8, 4) is 0 Å². The van der Waals surface area contributed by atoms with Crippen LogP contribution in [0.2, 0.25) is 0 Å². The summed E-state index contributed by atoms with van der Waals surface area (Å²) in [6.07, 6.45) is -3.41. The Bertz CT molecular complexity index is 809. The van der Waals surface area contributed by atoms with Gasteiger partial charge in [0.25, 0.3) is 0 Å². The first kappa shape index (κ1) is 21.0. The van der Waals surface area contributed by atoms with E-state index in [1.807, 2.05) is 13.8 Å². The molecule has 0 nitrogen and oxygen atoms in total. The van der Waals surface area contributed by atoms with Crippen LogP contribution in [0.25, 0.3) is 11.7 Å². The van der Waals surface area contributed by atoms with Gasteiger partial charge in [-0.25, -0.2) is 17.6 Å². The van der Waals surface area contributed by atoms with Crippen LogP contribution in [0, 0.1) is 11.6 Å². The van der Waals surface area contributed by atoms with Crippen molar-refractivity contribution < 1.29 is 30.7 Å². The maximum absolute atomic E-state index is 14.3. The molecule has 0 aliphatic heterocycles. The average molecular weight is 390 g/mol. The Labute approximate surface area is 152 Å². The van der Waals surface area contributed by atoms with E-state index < -0.39 is 40.6 Å². The third-order valence-electron chi connectivity index (χ3n) is 4.23. The van der Waals surface area contributed by atoms with Gasteiger partial charge in [0, 0.05) is 11.1 Å². The Morgan fingerprint density at radius 1 is 0.889 bits per heavy atom. The van der Waals surface area contributed by atoms with E-state index in [0.717, 1.165) is 18.4 Å². The SMILES string of the molecule is CCCC(C)c1ccc(/C(F)=C(\F)c2cc(F)c(C(F)(F)F)c(F)c2)cc1. The van der Waals surface area contributed by atoms with Gasteiger partial charge in [-0.3, -0.25) is 0 Å². The first-order valence-corrected chi connectivity index (χ1v) is 8.28. The van der Waals surface area contributed by atoms with Crippen molar-refractivity contribution in [2.75, 3.05) is 0 Å². The number of hydrogen-bond donors (Lipinski definition) is 0. The number of rotatable bonds is 5. The predicted octanol–water partition coefficient (Wildman–Crippen LogP) is 7.65. The second-order valence-corrected chi connectivity index (χ2v) is 6.25. The second-order valence-electron chi connectivity index (χ2n) is 6.25. The molecule has 0 radical (unpaired) electrons. The van der Waals surface area contributed by atoms with E-state index in [9.17, 15) is 30.7 Å². The highest BCUT2D eigenvalue weighted by molar-refractivity contribution is 5.83. The van der Waals surface area contributed by atoms with E-state index in [-0.39, 0.29) is 23.6 Å². The fraction of sp³-hybridized carbons (Fsp3) is 0.300. The van der Waals surface area contributed by atoms with Crippen LogP contribution in [-0.2, 0) is 6.18 Å². The molecule has 0 aliphatic rings. The molecule has 0 bridgehead atoms. The number of halogens is 7. The average Bonchev–Trinajstić information content (AvgIpc) is 2.59. The lowest BCUT2D eigenvalue weighted by Crippen LogP contribution is -2.11. The Hall–Kier alpha value is -2.31. The Morgan fingerprint density at radius 2 is 1.37 bits per heavy atom. The van der Waals surface area contributed by atoms with E-state index >= 15 is 0 Å². The molecule has 0 aliphatic carbocycles. The van der Waals surface area contributed by atoms with Gasteiger partial charge >= 0.3 is 6.18 Å². The molecule has 2 aromatic rings. The van der Waals surface area contributed by atoms with E-state index in [0.29, 0.717) is 0 Å². The van der Waals surface area contributed by atoms with Gasteiger partial charge in [0.1, 0.15) is 17.2 Å². The minimum atomic E-state index is -5.28. The Morgan fingerprint density at radius 3 is 1.81 bits per heavy atom. The molecule has 7 heteroatoms. The first-order chi connectivity index (χ1) is 12.6. The molecule has 0 amide bonds. The molecule has 1 atom stereocenters. The lowest BCUT2D eigenvalue weighted by molar-refractivity contribution is -0.142. The molecule has 2 aromatic carbocycles. The quantitative estimate of drug-likeness (QED) is 0.363. The van der Waals surface area contributed by atoms with Gasteiger partial charge in [-0.1, -0.05) is 44.5 Å². The molecule has 146 valence electrons. The van der Waals surface area contributed by atoms with Gasteiger partial charge in [0.2, 0.25) is 0 Å². The highest BCUT2D eigenvalue weighted by Crippen LogP contribution is 2.37. The van der Waals surface area contributed by atoms with Gasteiger partial charge in [-0.2, -0.15) is 13.2 Å². The van der Waals surface area contributed by atoms with Gasteiger partial charge in [0.15, 0.2) is 11.7 Å². The fourth-order valence-electron chi connectivity index (χ4n) is 2.78. The van der Waals surface area contributed by atoms with Crippen LogP contribution in [-0.4, -0.2) is 0 Å². The lowest BCUT2D eigenvalue weighted by Gasteiger charge is -2.12.